The second kappa shape index (κ2) is 10.00. The number of methoxy groups -OCH3 is 1. The van der Waals surface area contributed by atoms with Crippen molar-refractivity contribution in [1.29, 1.82) is 0 Å². The van der Waals surface area contributed by atoms with E-state index in [-0.39, 0.29) is 17.9 Å². The third-order valence-corrected chi connectivity index (χ3v) is 8.00. The number of amides is 2. The number of aromatic nitrogens is 1. The van der Waals surface area contributed by atoms with Gasteiger partial charge in [0.05, 0.1) is 19.2 Å². The number of fused-ring (bicyclic) bond motifs is 3. The third-order valence-electron chi connectivity index (χ3n) is 8.00. The Kier molecular flexibility index (Phi) is 6.78. The topological polar surface area (TPSA) is 63.6 Å². The molecule has 2 heterocycles. The maximum Gasteiger partial charge on any atom is 0.275 e. The van der Waals surface area contributed by atoms with Crippen LogP contribution in [-0.2, 0) is 17.8 Å². The van der Waals surface area contributed by atoms with E-state index in [4.69, 9.17) is 4.74 Å². The summed E-state index contributed by atoms with van der Waals surface area (Å²) in [6.07, 6.45) is 8.84. The zero-order chi connectivity index (χ0) is 25.3. The number of carbonyl (C=O) groups is 2. The van der Waals surface area contributed by atoms with Crippen molar-refractivity contribution in [3.63, 3.8) is 0 Å². The van der Waals surface area contributed by atoms with E-state index in [0.717, 1.165) is 60.0 Å². The molecule has 0 radical (unpaired) electrons. The molecule has 1 fully saturated rings. The average molecular weight is 488 g/mol. The Hall–Kier alpha value is -3.28. The van der Waals surface area contributed by atoms with Gasteiger partial charge in [-0.1, -0.05) is 51.2 Å². The minimum absolute atomic E-state index is 0.0845. The van der Waals surface area contributed by atoms with Crippen molar-refractivity contribution in [3.8, 4) is 5.75 Å². The van der Waals surface area contributed by atoms with Crippen molar-refractivity contribution in [2.24, 2.45) is 0 Å². The van der Waals surface area contributed by atoms with Gasteiger partial charge in [-0.05, 0) is 62.1 Å². The maximum absolute atomic E-state index is 14.1. The molecule has 36 heavy (non-hydrogen) atoms. The Balaban J connectivity index is 1.59. The van der Waals surface area contributed by atoms with Crippen LogP contribution in [0.15, 0.2) is 48.5 Å². The zero-order valence-corrected chi connectivity index (χ0v) is 21.7. The molecule has 2 amide bonds. The van der Waals surface area contributed by atoms with Crippen LogP contribution in [0.25, 0.3) is 10.9 Å². The van der Waals surface area contributed by atoms with Crippen molar-refractivity contribution in [3.05, 3.63) is 59.8 Å². The fourth-order valence-corrected chi connectivity index (χ4v) is 5.86. The molecule has 1 aliphatic heterocycles. The normalized spacial score (nSPS) is 21.1. The zero-order valence-electron chi connectivity index (χ0n) is 21.7. The van der Waals surface area contributed by atoms with E-state index in [9.17, 15) is 9.59 Å². The van der Waals surface area contributed by atoms with Crippen LogP contribution in [0, 0.1) is 0 Å². The fraction of sp³-hybridized carbons (Fsp3) is 0.467. The van der Waals surface area contributed by atoms with E-state index in [1.54, 1.807) is 12.0 Å². The van der Waals surface area contributed by atoms with Crippen molar-refractivity contribution in [2.75, 3.05) is 12.0 Å². The summed E-state index contributed by atoms with van der Waals surface area (Å²) in [6, 6.07) is 15.9. The molecule has 0 unspecified atom stereocenters. The number of nitrogens with one attached hydrogen (secondary N) is 1. The van der Waals surface area contributed by atoms with Crippen molar-refractivity contribution >= 4 is 28.4 Å². The van der Waals surface area contributed by atoms with Gasteiger partial charge in [-0.3, -0.25) is 14.5 Å². The Bertz CT molecular complexity index is 1270. The molecule has 2 aliphatic rings. The lowest BCUT2D eigenvalue weighted by Gasteiger charge is -2.44. The summed E-state index contributed by atoms with van der Waals surface area (Å²) in [5, 5.41) is 4.33. The Morgan fingerprint density at radius 3 is 2.53 bits per heavy atom. The first-order valence-electron chi connectivity index (χ1n) is 13.4. The molecule has 6 heteroatoms. The molecular formula is C30H37N3O3. The summed E-state index contributed by atoms with van der Waals surface area (Å²) >= 11 is 0. The first kappa shape index (κ1) is 24.4. The molecule has 6 nitrogen and oxygen atoms in total. The smallest absolute Gasteiger partial charge is 0.275 e. The molecule has 190 valence electrons. The molecule has 1 atom stereocenters. The molecule has 3 aromatic rings. The summed E-state index contributed by atoms with van der Waals surface area (Å²) < 4.78 is 7.46. The van der Waals surface area contributed by atoms with Gasteiger partial charge in [0.2, 0.25) is 5.91 Å². The quantitative estimate of drug-likeness (QED) is 0.490. The fourth-order valence-electron chi connectivity index (χ4n) is 5.86. The number of hydrogen-bond acceptors (Lipinski definition) is 3. The van der Waals surface area contributed by atoms with Gasteiger partial charge in [0.1, 0.15) is 17.0 Å². The molecule has 1 saturated carbocycles. The monoisotopic (exact) mass is 487 g/mol. The molecule has 0 bridgehead atoms. The number of carbonyl (C=O) groups excluding carboxylic acids is 2. The van der Waals surface area contributed by atoms with Crippen LogP contribution in [0.5, 0.6) is 5.75 Å². The second-order valence-corrected chi connectivity index (χ2v) is 10.5. The largest absolute Gasteiger partial charge is 0.497 e. The highest BCUT2D eigenvalue weighted by molar-refractivity contribution is 6.14. The van der Waals surface area contributed by atoms with Gasteiger partial charge in [-0.2, -0.15) is 0 Å². The van der Waals surface area contributed by atoms with E-state index in [1.165, 1.54) is 19.3 Å². The SMILES string of the molecule is CCc1cccc(N2C(=O)c3cc4ccc(OC)cc4n3C[C@@]2(C)C(=O)NC2CCCCCCC2)c1. The van der Waals surface area contributed by atoms with Gasteiger partial charge in [0, 0.05) is 23.2 Å². The van der Waals surface area contributed by atoms with Crippen molar-refractivity contribution in [2.45, 2.75) is 83.3 Å². The predicted octanol–water partition coefficient (Wildman–Crippen LogP) is 5.86. The summed E-state index contributed by atoms with van der Waals surface area (Å²) in [4.78, 5) is 30.0. The molecule has 1 aliphatic carbocycles. The van der Waals surface area contributed by atoms with Crippen LogP contribution in [0.4, 0.5) is 5.69 Å². The molecule has 1 aromatic heterocycles. The van der Waals surface area contributed by atoms with Crippen LogP contribution in [0.2, 0.25) is 0 Å². The van der Waals surface area contributed by atoms with Gasteiger partial charge in [0.15, 0.2) is 0 Å². The molecule has 1 N–H and O–H groups in total. The maximum atomic E-state index is 14.1. The highest BCUT2D eigenvalue weighted by Gasteiger charge is 2.49. The van der Waals surface area contributed by atoms with E-state index in [1.807, 2.05) is 54.0 Å². The molecular weight excluding hydrogens is 450 g/mol. The number of rotatable bonds is 5. The van der Waals surface area contributed by atoms with Gasteiger partial charge in [-0.15, -0.1) is 0 Å². The van der Waals surface area contributed by atoms with E-state index < -0.39 is 5.54 Å². The molecule has 5 rings (SSSR count). The lowest BCUT2D eigenvalue weighted by Crippen LogP contribution is -2.65. The third kappa shape index (κ3) is 4.38. The Morgan fingerprint density at radius 2 is 1.81 bits per heavy atom. The van der Waals surface area contributed by atoms with Crippen LogP contribution in [-0.4, -0.2) is 35.1 Å². The average Bonchev–Trinajstić information content (AvgIpc) is 3.23. The highest BCUT2D eigenvalue weighted by Crippen LogP contribution is 2.37. The lowest BCUT2D eigenvalue weighted by molar-refractivity contribution is -0.127. The number of benzene rings is 2. The standard InChI is InChI=1S/C30H37N3O3/c1-4-21-11-10-14-24(17-21)33-28(34)27-18-22-15-16-25(36-3)19-26(22)32(27)20-30(33,2)29(35)31-23-12-8-6-5-7-9-13-23/h10-11,14-19,23H,4-9,12-13,20H2,1-3H3,(H,31,35)/t30-/m0/s1. The number of ether oxygens (including phenoxy) is 1. The number of aryl methyl sites for hydroxylation is 1. The first-order valence-corrected chi connectivity index (χ1v) is 13.4. The minimum Gasteiger partial charge on any atom is -0.497 e. The van der Waals surface area contributed by atoms with Crippen molar-refractivity contribution in [1.82, 2.24) is 9.88 Å². The Morgan fingerprint density at radius 1 is 1.06 bits per heavy atom. The summed E-state index contributed by atoms with van der Waals surface area (Å²) in [5.41, 5.74) is 2.33. The molecule has 0 spiro atoms. The minimum atomic E-state index is -1.08. The van der Waals surface area contributed by atoms with Gasteiger partial charge in [-0.25, -0.2) is 0 Å². The first-order chi connectivity index (χ1) is 17.4. The summed E-state index contributed by atoms with van der Waals surface area (Å²) in [6.45, 7) is 4.39. The number of anilines is 1. The van der Waals surface area contributed by atoms with Crippen molar-refractivity contribution < 1.29 is 14.3 Å². The number of nitrogens with zero attached hydrogens (tertiary/aromatic N) is 2. The van der Waals surface area contributed by atoms with Crippen LogP contribution < -0.4 is 15.0 Å². The lowest BCUT2D eigenvalue weighted by atomic mass is 9.91. The van der Waals surface area contributed by atoms with Crippen LogP contribution in [0.1, 0.15) is 74.8 Å². The van der Waals surface area contributed by atoms with Gasteiger partial charge >= 0.3 is 0 Å². The van der Waals surface area contributed by atoms with E-state index in [0.29, 0.717) is 12.2 Å². The van der Waals surface area contributed by atoms with E-state index >= 15 is 0 Å². The highest BCUT2D eigenvalue weighted by atomic mass is 16.5. The Labute approximate surface area is 213 Å². The summed E-state index contributed by atoms with van der Waals surface area (Å²) in [5.74, 6) is 0.494. The van der Waals surface area contributed by atoms with Crippen LogP contribution >= 0.6 is 0 Å². The van der Waals surface area contributed by atoms with E-state index in [2.05, 4.69) is 18.3 Å². The second-order valence-electron chi connectivity index (χ2n) is 10.5. The molecule has 2 aromatic carbocycles. The molecule has 0 saturated heterocycles. The van der Waals surface area contributed by atoms with Gasteiger partial charge < -0.3 is 14.6 Å². The van der Waals surface area contributed by atoms with Crippen LogP contribution in [0.3, 0.4) is 0 Å². The number of hydrogen-bond donors (Lipinski definition) is 1. The predicted molar refractivity (Wildman–Crippen MR) is 144 cm³/mol. The summed E-state index contributed by atoms with van der Waals surface area (Å²) in [7, 11) is 1.64. The van der Waals surface area contributed by atoms with Gasteiger partial charge in [0.25, 0.3) is 5.91 Å².